The molecule has 0 aromatic heterocycles. The molecule has 1 rings (SSSR count). The standard InChI is InChI=1S/C7H10O3/c1-3-4-5-6(10-5)7(8)9-2/h3-6H,1-2H3/b4-3+. The van der Waals surface area contributed by atoms with Crippen LogP contribution in [0.4, 0.5) is 0 Å². The van der Waals surface area contributed by atoms with Gasteiger partial charge >= 0.3 is 5.97 Å². The van der Waals surface area contributed by atoms with E-state index in [-0.39, 0.29) is 18.2 Å². The van der Waals surface area contributed by atoms with Crippen molar-refractivity contribution in [3.63, 3.8) is 0 Å². The monoisotopic (exact) mass is 142 g/mol. The van der Waals surface area contributed by atoms with Crippen molar-refractivity contribution in [2.75, 3.05) is 7.11 Å². The molecule has 0 aromatic carbocycles. The number of ether oxygens (including phenoxy) is 2. The minimum Gasteiger partial charge on any atom is -0.467 e. The topological polar surface area (TPSA) is 38.8 Å². The number of carbonyl (C=O) groups excluding carboxylic acids is 1. The molecule has 0 saturated carbocycles. The van der Waals surface area contributed by atoms with E-state index < -0.39 is 0 Å². The molecular weight excluding hydrogens is 132 g/mol. The largest absolute Gasteiger partial charge is 0.467 e. The molecule has 0 aromatic rings. The number of rotatable bonds is 2. The van der Waals surface area contributed by atoms with Crippen LogP contribution >= 0.6 is 0 Å². The SMILES string of the molecule is C/C=C/C1OC1C(=O)OC. The first kappa shape index (κ1) is 7.28. The molecule has 1 aliphatic heterocycles. The van der Waals surface area contributed by atoms with E-state index in [0.717, 1.165) is 0 Å². The van der Waals surface area contributed by atoms with Crippen LogP contribution < -0.4 is 0 Å². The Kier molecular flexibility index (Phi) is 2.06. The second-order valence-corrected chi connectivity index (χ2v) is 2.07. The van der Waals surface area contributed by atoms with Crippen LogP contribution in [0.3, 0.4) is 0 Å². The molecule has 0 radical (unpaired) electrons. The van der Waals surface area contributed by atoms with E-state index in [4.69, 9.17) is 4.74 Å². The van der Waals surface area contributed by atoms with E-state index >= 15 is 0 Å². The molecule has 1 fully saturated rings. The molecule has 0 amide bonds. The summed E-state index contributed by atoms with van der Waals surface area (Å²) in [6, 6.07) is 0. The molecular formula is C7H10O3. The maximum absolute atomic E-state index is 10.7. The fourth-order valence-electron chi connectivity index (χ4n) is 0.766. The summed E-state index contributed by atoms with van der Waals surface area (Å²) in [5.74, 6) is -0.289. The highest BCUT2D eigenvalue weighted by Gasteiger charge is 2.43. The molecule has 0 spiro atoms. The lowest BCUT2D eigenvalue weighted by Crippen LogP contribution is -2.10. The van der Waals surface area contributed by atoms with Crippen molar-refractivity contribution in [2.45, 2.75) is 19.1 Å². The van der Waals surface area contributed by atoms with Crippen molar-refractivity contribution >= 4 is 5.97 Å². The maximum Gasteiger partial charge on any atom is 0.338 e. The molecule has 1 heterocycles. The van der Waals surface area contributed by atoms with Crippen molar-refractivity contribution < 1.29 is 14.3 Å². The fraction of sp³-hybridized carbons (Fsp3) is 0.571. The molecule has 56 valence electrons. The molecule has 10 heavy (non-hydrogen) atoms. The van der Waals surface area contributed by atoms with Gasteiger partial charge in [-0.15, -0.1) is 0 Å². The van der Waals surface area contributed by atoms with Crippen LogP contribution in [-0.4, -0.2) is 25.3 Å². The Morgan fingerprint density at radius 1 is 1.70 bits per heavy atom. The van der Waals surface area contributed by atoms with Gasteiger partial charge in [-0.25, -0.2) is 4.79 Å². The van der Waals surface area contributed by atoms with Gasteiger partial charge in [0.15, 0.2) is 6.10 Å². The van der Waals surface area contributed by atoms with Gasteiger partial charge in [-0.3, -0.25) is 0 Å². The lowest BCUT2D eigenvalue weighted by molar-refractivity contribution is -0.142. The van der Waals surface area contributed by atoms with Crippen molar-refractivity contribution in [2.24, 2.45) is 0 Å². The average Bonchev–Trinajstić information content (AvgIpc) is 2.67. The summed E-state index contributed by atoms with van der Waals surface area (Å²) in [4.78, 5) is 10.7. The Hall–Kier alpha value is -0.830. The van der Waals surface area contributed by atoms with Gasteiger partial charge < -0.3 is 9.47 Å². The van der Waals surface area contributed by atoms with Gasteiger partial charge in [0, 0.05) is 0 Å². The first-order valence-electron chi connectivity index (χ1n) is 3.15. The second-order valence-electron chi connectivity index (χ2n) is 2.07. The van der Waals surface area contributed by atoms with Crippen molar-refractivity contribution in [1.29, 1.82) is 0 Å². The summed E-state index contributed by atoms with van der Waals surface area (Å²) in [5.41, 5.74) is 0. The van der Waals surface area contributed by atoms with E-state index in [1.165, 1.54) is 7.11 Å². The molecule has 0 aliphatic carbocycles. The van der Waals surface area contributed by atoms with E-state index in [0.29, 0.717) is 0 Å². The van der Waals surface area contributed by atoms with Gasteiger partial charge in [-0.2, -0.15) is 0 Å². The van der Waals surface area contributed by atoms with Crippen molar-refractivity contribution in [3.8, 4) is 0 Å². The molecule has 3 heteroatoms. The van der Waals surface area contributed by atoms with Gasteiger partial charge in [0.05, 0.1) is 7.11 Å². The lowest BCUT2D eigenvalue weighted by Gasteiger charge is -1.88. The molecule has 0 N–H and O–H groups in total. The Bertz CT molecular complexity index is 162. The first-order chi connectivity index (χ1) is 4.79. The van der Waals surface area contributed by atoms with Crippen LogP contribution in [0.1, 0.15) is 6.92 Å². The first-order valence-corrected chi connectivity index (χ1v) is 3.15. The number of carbonyl (C=O) groups is 1. The van der Waals surface area contributed by atoms with Crippen LogP contribution in [0.25, 0.3) is 0 Å². The van der Waals surface area contributed by atoms with E-state index in [1.807, 2.05) is 19.1 Å². The summed E-state index contributed by atoms with van der Waals surface area (Å²) in [6.45, 7) is 1.88. The van der Waals surface area contributed by atoms with Crippen LogP contribution in [-0.2, 0) is 14.3 Å². The quantitative estimate of drug-likeness (QED) is 0.320. The Morgan fingerprint density at radius 2 is 2.40 bits per heavy atom. The summed E-state index contributed by atoms with van der Waals surface area (Å²) in [5, 5.41) is 0. The fourth-order valence-corrected chi connectivity index (χ4v) is 0.766. The van der Waals surface area contributed by atoms with Crippen molar-refractivity contribution in [1.82, 2.24) is 0 Å². The summed E-state index contributed by atoms with van der Waals surface area (Å²) in [7, 11) is 1.36. The normalized spacial score (nSPS) is 30.6. The van der Waals surface area contributed by atoms with Gasteiger partial charge in [0.1, 0.15) is 6.10 Å². The molecule has 1 saturated heterocycles. The molecule has 1 aliphatic rings. The zero-order valence-electron chi connectivity index (χ0n) is 6.03. The number of epoxide rings is 1. The Morgan fingerprint density at radius 3 is 2.90 bits per heavy atom. The number of hydrogen-bond acceptors (Lipinski definition) is 3. The number of methoxy groups -OCH3 is 1. The minimum atomic E-state index is -0.346. The molecule has 0 bridgehead atoms. The Labute approximate surface area is 59.6 Å². The number of esters is 1. The third-order valence-corrected chi connectivity index (χ3v) is 1.34. The zero-order chi connectivity index (χ0) is 7.56. The predicted molar refractivity (Wildman–Crippen MR) is 35.5 cm³/mol. The number of hydrogen-bond donors (Lipinski definition) is 0. The summed E-state index contributed by atoms with van der Waals surface area (Å²) >= 11 is 0. The molecule has 3 nitrogen and oxygen atoms in total. The minimum absolute atomic E-state index is 0.0440. The zero-order valence-corrected chi connectivity index (χ0v) is 6.03. The van der Waals surface area contributed by atoms with E-state index in [1.54, 1.807) is 0 Å². The maximum atomic E-state index is 10.7. The average molecular weight is 142 g/mol. The highest BCUT2D eigenvalue weighted by atomic mass is 16.6. The van der Waals surface area contributed by atoms with Crippen molar-refractivity contribution in [3.05, 3.63) is 12.2 Å². The smallest absolute Gasteiger partial charge is 0.338 e. The van der Waals surface area contributed by atoms with Crippen LogP contribution in [0.2, 0.25) is 0 Å². The van der Waals surface area contributed by atoms with Gasteiger partial charge in [-0.05, 0) is 6.92 Å². The lowest BCUT2D eigenvalue weighted by atomic mass is 10.3. The van der Waals surface area contributed by atoms with Crippen LogP contribution in [0.5, 0.6) is 0 Å². The third kappa shape index (κ3) is 1.36. The molecule has 2 unspecified atom stereocenters. The van der Waals surface area contributed by atoms with Gasteiger partial charge in [-0.1, -0.05) is 12.2 Å². The van der Waals surface area contributed by atoms with Crippen LogP contribution in [0, 0.1) is 0 Å². The highest BCUT2D eigenvalue weighted by molar-refractivity contribution is 5.78. The number of allylic oxidation sites excluding steroid dienone is 1. The van der Waals surface area contributed by atoms with Gasteiger partial charge in [0.2, 0.25) is 0 Å². The van der Waals surface area contributed by atoms with E-state index in [9.17, 15) is 4.79 Å². The highest BCUT2D eigenvalue weighted by Crippen LogP contribution is 2.23. The van der Waals surface area contributed by atoms with Crippen LogP contribution in [0.15, 0.2) is 12.2 Å². The summed E-state index contributed by atoms with van der Waals surface area (Å²) in [6.07, 6.45) is 3.30. The third-order valence-electron chi connectivity index (χ3n) is 1.34. The summed E-state index contributed by atoms with van der Waals surface area (Å²) < 4.78 is 9.40. The second kappa shape index (κ2) is 2.84. The molecule has 2 atom stereocenters. The van der Waals surface area contributed by atoms with E-state index in [2.05, 4.69) is 4.74 Å². The Balaban J connectivity index is 2.31. The van der Waals surface area contributed by atoms with Gasteiger partial charge in [0.25, 0.3) is 0 Å². The predicted octanol–water partition coefficient (Wildman–Crippen LogP) is 0.503.